The van der Waals surface area contributed by atoms with Crippen LogP contribution >= 0.6 is 24.0 Å². The number of ether oxygens (including phenoxy) is 1. The largest absolute Gasteiger partial charge is 0.494 e. The molecule has 1 atom stereocenters. The van der Waals surface area contributed by atoms with Crippen molar-refractivity contribution in [2.75, 3.05) is 26.2 Å². The number of aryl methyl sites for hydroxylation is 1. The van der Waals surface area contributed by atoms with Crippen molar-refractivity contribution < 1.29 is 14.2 Å². The predicted octanol–water partition coefficient (Wildman–Crippen LogP) is 2.80. The Bertz CT molecular complexity index is 750. The van der Waals surface area contributed by atoms with E-state index in [1.165, 1.54) is 12.1 Å². The number of aliphatic imine (C=N–C) groups is 1. The summed E-state index contributed by atoms with van der Waals surface area (Å²) in [7, 11) is 1.81. The number of halogens is 2. The maximum Gasteiger partial charge on any atom is 0.191 e. The SMILES string of the molecule is CCNC(=NCC(C)(O)c1cnn(C)c1)NCCCCOc1ccc(F)cc1.I. The molecule has 0 saturated heterocycles. The van der Waals surface area contributed by atoms with Crippen LogP contribution in [-0.2, 0) is 12.6 Å². The fourth-order valence-electron chi connectivity index (χ4n) is 2.52. The highest BCUT2D eigenvalue weighted by molar-refractivity contribution is 14.0. The molecule has 0 aliphatic heterocycles. The van der Waals surface area contributed by atoms with Crippen LogP contribution in [0.5, 0.6) is 5.75 Å². The fourth-order valence-corrected chi connectivity index (χ4v) is 2.52. The van der Waals surface area contributed by atoms with Crippen LogP contribution in [0.15, 0.2) is 41.7 Å². The summed E-state index contributed by atoms with van der Waals surface area (Å²) in [4.78, 5) is 4.49. The van der Waals surface area contributed by atoms with Crippen molar-refractivity contribution in [3.63, 3.8) is 0 Å². The van der Waals surface area contributed by atoms with Crippen molar-refractivity contribution in [1.29, 1.82) is 0 Å². The lowest BCUT2D eigenvalue weighted by Gasteiger charge is -2.20. The van der Waals surface area contributed by atoms with Crippen LogP contribution in [0.3, 0.4) is 0 Å². The molecule has 1 unspecified atom stereocenters. The van der Waals surface area contributed by atoms with Gasteiger partial charge in [-0.15, -0.1) is 24.0 Å². The van der Waals surface area contributed by atoms with E-state index in [0.29, 0.717) is 18.3 Å². The highest BCUT2D eigenvalue weighted by atomic mass is 127. The van der Waals surface area contributed by atoms with Crippen LogP contribution in [0.4, 0.5) is 4.39 Å². The number of nitrogens with zero attached hydrogens (tertiary/aromatic N) is 3. The van der Waals surface area contributed by atoms with E-state index in [4.69, 9.17) is 4.74 Å². The smallest absolute Gasteiger partial charge is 0.191 e. The lowest BCUT2D eigenvalue weighted by molar-refractivity contribution is 0.0672. The molecule has 2 aromatic rings. The first-order valence-corrected chi connectivity index (χ1v) is 9.53. The third-order valence-corrected chi connectivity index (χ3v) is 4.16. The van der Waals surface area contributed by atoms with Gasteiger partial charge >= 0.3 is 0 Å². The Balaban J connectivity index is 0.00000420. The van der Waals surface area contributed by atoms with Crippen LogP contribution in [-0.4, -0.2) is 47.1 Å². The van der Waals surface area contributed by atoms with E-state index in [-0.39, 0.29) is 36.3 Å². The quantitative estimate of drug-likeness (QED) is 0.195. The van der Waals surface area contributed by atoms with E-state index in [1.54, 1.807) is 36.1 Å². The lowest BCUT2D eigenvalue weighted by atomic mass is 10.0. The van der Waals surface area contributed by atoms with Gasteiger partial charge < -0.3 is 20.5 Å². The van der Waals surface area contributed by atoms with E-state index in [2.05, 4.69) is 20.7 Å². The zero-order valence-corrected chi connectivity index (χ0v) is 19.5. The van der Waals surface area contributed by atoms with Crippen molar-refractivity contribution in [2.45, 2.75) is 32.3 Å². The lowest BCUT2D eigenvalue weighted by Crippen LogP contribution is -2.39. The number of guanidine groups is 1. The Morgan fingerprint density at radius 1 is 1.28 bits per heavy atom. The maximum absolute atomic E-state index is 12.8. The monoisotopic (exact) mass is 519 g/mol. The molecule has 0 aliphatic rings. The molecule has 29 heavy (non-hydrogen) atoms. The van der Waals surface area contributed by atoms with Crippen molar-refractivity contribution in [3.05, 3.63) is 48.0 Å². The van der Waals surface area contributed by atoms with Gasteiger partial charge in [-0.05, 0) is 51.0 Å². The van der Waals surface area contributed by atoms with E-state index < -0.39 is 5.60 Å². The molecule has 1 aromatic carbocycles. The van der Waals surface area contributed by atoms with Gasteiger partial charge in [-0.1, -0.05) is 0 Å². The molecule has 3 N–H and O–H groups in total. The molecule has 0 saturated carbocycles. The normalized spacial score (nSPS) is 13.3. The summed E-state index contributed by atoms with van der Waals surface area (Å²) < 4.78 is 20.1. The number of aromatic nitrogens is 2. The van der Waals surface area contributed by atoms with Gasteiger partial charge in [-0.3, -0.25) is 4.68 Å². The molecular formula is C20H31FIN5O2. The highest BCUT2D eigenvalue weighted by Crippen LogP contribution is 2.19. The summed E-state index contributed by atoms with van der Waals surface area (Å²) in [5.41, 5.74) is -0.355. The summed E-state index contributed by atoms with van der Waals surface area (Å²) in [6.45, 7) is 5.97. The molecule has 2 rings (SSSR count). The summed E-state index contributed by atoms with van der Waals surface area (Å²) in [6.07, 6.45) is 5.19. The van der Waals surface area contributed by atoms with Gasteiger partial charge in [0.2, 0.25) is 0 Å². The highest BCUT2D eigenvalue weighted by Gasteiger charge is 2.24. The Hall–Kier alpha value is -1.88. The van der Waals surface area contributed by atoms with Crippen LogP contribution in [0.25, 0.3) is 0 Å². The Kier molecular flexibility index (Phi) is 11.0. The number of nitrogens with one attached hydrogen (secondary N) is 2. The molecule has 1 aromatic heterocycles. The van der Waals surface area contributed by atoms with Gasteiger partial charge in [0, 0.05) is 31.9 Å². The van der Waals surface area contributed by atoms with Crippen molar-refractivity contribution in [1.82, 2.24) is 20.4 Å². The van der Waals surface area contributed by atoms with E-state index in [0.717, 1.165) is 31.5 Å². The van der Waals surface area contributed by atoms with Gasteiger partial charge in [0.25, 0.3) is 0 Å². The van der Waals surface area contributed by atoms with E-state index in [9.17, 15) is 9.50 Å². The third-order valence-electron chi connectivity index (χ3n) is 4.16. The van der Waals surface area contributed by atoms with Crippen molar-refractivity contribution in [3.8, 4) is 5.75 Å². The zero-order chi connectivity index (χ0) is 20.4. The van der Waals surface area contributed by atoms with E-state index in [1.807, 2.05) is 14.0 Å². The zero-order valence-electron chi connectivity index (χ0n) is 17.2. The Labute approximate surface area is 188 Å². The minimum absolute atomic E-state index is 0. The maximum atomic E-state index is 12.8. The first kappa shape index (κ1) is 25.2. The Morgan fingerprint density at radius 2 is 2.00 bits per heavy atom. The molecule has 1 heterocycles. The van der Waals surface area contributed by atoms with Crippen LogP contribution in [0.2, 0.25) is 0 Å². The second-order valence-corrected chi connectivity index (χ2v) is 6.81. The molecule has 0 spiro atoms. The van der Waals surface area contributed by atoms with Crippen molar-refractivity contribution >= 4 is 29.9 Å². The number of unbranched alkanes of at least 4 members (excludes halogenated alkanes) is 1. The van der Waals surface area contributed by atoms with Gasteiger partial charge in [0.15, 0.2) is 5.96 Å². The van der Waals surface area contributed by atoms with Gasteiger partial charge in [-0.2, -0.15) is 5.10 Å². The van der Waals surface area contributed by atoms with Gasteiger partial charge in [-0.25, -0.2) is 9.38 Å². The van der Waals surface area contributed by atoms with Crippen LogP contribution in [0.1, 0.15) is 32.3 Å². The average molecular weight is 519 g/mol. The summed E-state index contributed by atoms with van der Waals surface area (Å²) >= 11 is 0. The number of aliphatic hydroxyl groups is 1. The minimum atomic E-state index is -1.08. The summed E-state index contributed by atoms with van der Waals surface area (Å²) in [6, 6.07) is 6.02. The topological polar surface area (TPSA) is 83.7 Å². The summed E-state index contributed by atoms with van der Waals surface area (Å²) in [5, 5.41) is 21.2. The average Bonchev–Trinajstić information content (AvgIpc) is 3.11. The van der Waals surface area contributed by atoms with Crippen molar-refractivity contribution in [2.24, 2.45) is 12.0 Å². The second-order valence-electron chi connectivity index (χ2n) is 6.81. The summed E-state index contributed by atoms with van der Waals surface area (Å²) in [5.74, 6) is 1.06. The third kappa shape index (κ3) is 8.99. The first-order valence-electron chi connectivity index (χ1n) is 9.53. The number of benzene rings is 1. The second kappa shape index (κ2) is 12.6. The van der Waals surface area contributed by atoms with Crippen LogP contribution in [0, 0.1) is 5.82 Å². The number of rotatable bonds is 10. The Morgan fingerprint density at radius 3 is 2.62 bits per heavy atom. The molecule has 0 fully saturated rings. The number of hydrogen-bond acceptors (Lipinski definition) is 4. The molecule has 0 amide bonds. The molecule has 0 aliphatic carbocycles. The van der Waals surface area contributed by atoms with Crippen LogP contribution < -0.4 is 15.4 Å². The molecular weight excluding hydrogens is 488 g/mol. The van der Waals surface area contributed by atoms with Gasteiger partial charge in [0.05, 0.1) is 19.3 Å². The molecule has 7 nitrogen and oxygen atoms in total. The first-order chi connectivity index (χ1) is 13.4. The van der Waals surface area contributed by atoms with E-state index >= 15 is 0 Å². The van der Waals surface area contributed by atoms with Gasteiger partial charge in [0.1, 0.15) is 17.2 Å². The standard InChI is InChI=1S/C20H30FN5O2.HI/c1-4-22-19(24-15-20(2,27)16-13-25-26(3)14-16)23-11-5-6-12-28-18-9-7-17(21)8-10-18;/h7-10,13-14,27H,4-6,11-12,15H2,1-3H3,(H2,22,23,24);1H. The molecule has 0 bridgehead atoms. The molecule has 0 radical (unpaired) electrons. The number of hydrogen-bond donors (Lipinski definition) is 3. The fraction of sp³-hybridized carbons (Fsp3) is 0.500. The molecule has 162 valence electrons. The minimum Gasteiger partial charge on any atom is -0.494 e. The predicted molar refractivity (Wildman–Crippen MR) is 123 cm³/mol. The molecule has 9 heteroatoms.